The zero-order valence-electron chi connectivity index (χ0n) is 10.5. The third kappa shape index (κ3) is 3.08. The van der Waals surface area contributed by atoms with Crippen LogP contribution in [0.5, 0.6) is 0 Å². The van der Waals surface area contributed by atoms with Gasteiger partial charge >= 0.3 is 0 Å². The Labute approximate surface area is 135 Å². The lowest BCUT2D eigenvalue weighted by Gasteiger charge is -2.20. The molecule has 20 heavy (non-hydrogen) atoms. The fourth-order valence-corrected chi connectivity index (χ4v) is 2.48. The van der Waals surface area contributed by atoms with E-state index in [1.54, 1.807) is 43.4 Å². The van der Waals surface area contributed by atoms with E-state index in [2.05, 4.69) is 15.9 Å². The highest BCUT2D eigenvalue weighted by molar-refractivity contribution is 9.10. The molecule has 2 aromatic carbocycles. The van der Waals surface area contributed by atoms with Crippen LogP contribution >= 0.6 is 39.1 Å². The van der Waals surface area contributed by atoms with Gasteiger partial charge in [0.2, 0.25) is 0 Å². The average molecular weight is 374 g/mol. The van der Waals surface area contributed by atoms with Gasteiger partial charge in [0.1, 0.15) is 0 Å². The highest BCUT2D eigenvalue weighted by Crippen LogP contribution is 2.29. The first kappa shape index (κ1) is 15.2. The molecule has 2 rings (SSSR count). The minimum absolute atomic E-state index is 0.259. The molecule has 2 N–H and O–H groups in total. The van der Waals surface area contributed by atoms with E-state index < -0.39 is 0 Å². The number of halogens is 3. The van der Waals surface area contributed by atoms with Crippen LogP contribution in [-0.2, 0) is 0 Å². The quantitative estimate of drug-likeness (QED) is 0.781. The van der Waals surface area contributed by atoms with Gasteiger partial charge in [-0.15, -0.1) is 0 Å². The molecule has 0 radical (unpaired) electrons. The van der Waals surface area contributed by atoms with Gasteiger partial charge in [0.25, 0.3) is 5.91 Å². The van der Waals surface area contributed by atoms with Gasteiger partial charge in [0.05, 0.1) is 22.0 Å². The Kier molecular flexibility index (Phi) is 4.58. The number of amides is 1. The lowest BCUT2D eigenvalue weighted by molar-refractivity contribution is 0.0993. The Morgan fingerprint density at radius 1 is 1.20 bits per heavy atom. The van der Waals surface area contributed by atoms with E-state index in [-0.39, 0.29) is 5.91 Å². The van der Waals surface area contributed by atoms with Gasteiger partial charge < -0.3 is 10.6 Å². The van der Waals surface area contributed by atoms with Crippen LogP contribution < -0.4 is 10.6 Å². The van der Waals surface area contributed by atoms with Gasteiger partial charge in [-0.05, 0) is 36.4 Å². The van der Waals surface area contributed by atoms with E-state index in [1.807, 2.05) is 0 Å². The summed E-state index contributed by atoms with van der Waals surface area (Å²) in [6.07, 6.45) is 0. The van der Waals surface area contributed by atoms with Crippen LogP contribution in [0.4, 0.5) is 11.4 Å². The van der Waals surface area contributed by atoms with Crippen LogP contribution in [0.3, 0.4) is 0 Å². The van der Waals surface area contributed by atoms with Crippen LogP contribution in [0.15, 0.2) is 40.9 Å². The fourth-order valence-electron chi connectivity index (χ4n) is 1.76. The van der Waals surface area contributed by atoms with Crippen molar-refractivity contribution >= 4 is 56.4 Å². The predicted octanol–water partition coefficient (Wildman–Crippen LogP) is 4.61. The smallest absolute Gasteiger partial charge is 0.259 e. The topological polar surface area (TPSA) is 46.3 Å². The van der Waals surface area contributed by atoms with Crippen molar-refractivity contribution in [2.75, 3.05) is 17.7 Å². The fraction of sp³-hybridized carbons (Fsp3) is 0.0714. The number of rotatable bonds is 2. The van der Waals surface area contributed by atoms with Crippen molar-refractivity contribution in [3.05, 3.63) is 56.5 Å². The Morgan fingerprint density at radius 2 is 1.90 bits per heavy atom. The molecule has 0 spiro atoms. The molecule has 0 bridgehead atoms. The van der Waals surface area contributed by atoms with Crippen LogP contribution in [-0.4, -0.2) is 13.0 Å². The second kappa shape index (κ2) is 6.04. The summed E-state index contributed by atoms with van der Waals surface area (Å²) in [7, 11) is 1.63. The van der Waals surface area contributed by atoms with Crippen molar-refractivity contribution in [3.63, 3.8) is 0 Å². The number of carbonyl (C=O) groups excluding carboxylic acids is 1. The van der Waals surface area contributed by atoms with E-state index in [0.29, 0.717) is 27.0 Å². The molecule has 1 amide bonds. The van der Waals surface area contributed by atoms with Gasteiger partial charge in [-0.25, -0.2) is 0 Å². The Hall–Kier alpha value is -1.23. The molecule has 0 aliphatic carbocycles. The summed E-state index contributed by atoms with van der Waals surface area (Å²) in [5.41, 5.74) is 7.28. The number of nitrogens with zero attached hydrogens (tertiary/aromatic N) is 1. The number of benzene rings is 2. The first-order chi connectivity index (χ1) is 9.40. The molecule has 3 nitrogen and oxygen atoms in total. The molecular formula is C14H11BrCl2N2O. The second-order valence-corrected chi connectivity index (χ2v) is 5.95. The maximum atomic E-state index is 12.5. The molecule has 2 aromatic rings. The third-order valence-corrected chi connectivity index (χ3v) is 3.88. The summed E-state index contributed by atoms with van der Waals surface area (Å²) in [5.74, 6) is -0.259. The number of anilines is 2. The standard InChI is InChI=1S/C14H11BrCl2N2O/c1-19(13-7-9(16)3-5-12(13)18)14(20)10-6-8(15)2-4-11(10)17/h2-7H,18H2,1H3. The first-order valence-electron chi connectivity index (χ1n) is 5.68. The second-order valence-electron chi connectivity index (χ2n) is 4.19. The maximum Gasteiger partial charge on any atom is 0.259 e. The van der Waals surface area contributed by atoms with Gasteiger partial charge in [0, 0.05) is 16.5 Å². The van der Waals surface area contributed by atoms with Crippen molar-refractivity contribution < 1.29 is 4.79 Å². The van der Waals surface area contributed by atoms with Crippen LogP contribution in [0.1, 0.15) is 10.4 Å². The summed E-state index contributed by atoms with van der Waals surface area (Å²) >= 11 is 15.3. The van der Waals surface area contributed by atoms with E-state index >= 15 is 0 Å². The largest absolute Gasteiger partial charge is 0.397 e. The zero-order chi connectivity index (χ0) is 14.9. The SMILES string of the molecule is CN(C(=O)c1cc(Br)ccc1Cl)c1cc(Cl)ccc1N. The van der Waals surface area contributed by atoms with E-state index in [0.717, 1.165) is 4.47 Å². The van der Waals surface area contributed by atoms with Crippen LogP contribution in [0.25, 0.3) is 0 Å². The monoisotopic (exact) mass is 372 g/mol. The van der Waals surface area contributed by atoms with E-state index in [9.17, 15) is 4.79 Å². The van der Waals surface area contributed by atoms with Crippen molar-refractivity contribution in [3.8, 4) is 0 Å². The molecule has 0 aliphatic heterocycles. The minimum atomic E-state index is -0.259. The van der Waals surface area contributed by atoms with Crippen molar-refractivity contribution in [1.29, 1.82) is 0 Å². The molecule has 0 heterocycles. The predicted molar refractivity (Wildman–Crippen MR) is 87.7 cm³/mol. The number of hydrogen-bond acceptors (Lipinski definition) is 2. The highest BCUT2D eigenvalue weighted by Gasteiger charge is 2.18. The molecule has 0 atom stereocenters. The molecule has 0 saturated heterocycles. The molecule has 0 aliphatic rings. The molecule has 0 unspecified atom stereocenters. The lowest BCUT2D eigenvalue weighted by Crippen LogP contribution is -2.27. The average Bonchev–Trinajstić information content (AvgIpc) is 2.42. The summed E-state index contributed by atoms with van der Waals surface area (Å²) < 4.78 is 0.776. The van der Waals surface area contributed by atoms with Gasteiger partial charge in [0.15, 0.2) is 0 Å². The molecule has 104 valence electrons. The Morgan fingerprint density at radius 3 is 2.60 bits per heavy atom. The number of nitrogen functional groups attached to an aromatic ring is 1. The normalized spacial score (nSPS) is 10.4. The highest BCUT2D eigenvalue weighted by atomic mass is 79.9. The summed E-state index contributed by atoms with van der Waals surface area (Å²) in [6, 6.07) is 10.1. The summed E-state index contributed by atoms with van der Waals surface area (Å²) in [6.45, 7) is 0. The number of nitrogens with two attached hydrogens (primary N) is 1. The van der Waals surface area contributed by atoms with Crippen molar-refractivity contribution in [2.45, 2.75) is 0 Å². The Balaban J connectivity index is 2.42. The van der Waals surface area contributed by atoms with E-state index in [1.165, 1.54) is 4.90 Å². The Bertz CT molecular complexity index is 676. The molecular weight excluding hydrogens is 363 g/mol. The van der Waals surface area contributed by atoms with Crippen molar-refractivity contribution in [2.24, 2.45) is 0 Å². The van der Waals surface area contributed by atoms with Crippen LogP contribution in [0.2, 0.25) is 10.0 Å². The summed E-state index contributed by atoms with van der Waals surface area (Å²) in [5, 5.41) is 0.889. The van der Waals surface area contributed by atoms with Crippen LogP contribution in [0, 0.1) is 0 Å². The van der Waals surface area contributed by atoms with Gasteiger partial charge in [-0.2, -0.15) is 0 Å². The lowest BCUT2D eigenvalue weighted by atomic mass is 10.1. The maximum absolute atomic E-state index is 12.5. The molecule has 0 saturated carbocycles. The summed E-state index contributed by atoms with van der Waals surface area (Å²) in [4.78, 5) is 13.9. The van der Waals surface area contributed by atoms with Gasteiger partial charge in [-0.1, -0.05) is 39.1 Å². The first-order valence-corrected chi connectivity index (χ1v) is 7.23. The molecule has 0 aromatic heterocycles. The molecule has 0 fully saturated rings. The number of hydrogen-bond donors (Lipinski definition) is 1. The van der Waals surface area contributed by atoms with Gasteiger partial charge in [-0.3, -0.25) is 4.79 Å². The number of carbonyl (C=O) groups is 1. The van der Waals surface area contributed by atoms with E-state index in [4.69, 9.17) is 28.9 Å². The molecule has 6 heteroatoms. The van der Waals surface area contributed by atoms with Crippen molar-refractivity contribution in [1.82, 2.24) is 0 Å². The minimum Gasteiger partial charge on any atom is -0.397 e. The zero-order valence-corrected chi connectivity index (χ0v) is 13.6. The third-order valence-electron chi connectivity index (χ3n) is 2.82.